The van der Waals surface area contributed by atoms with Crippen LogP contribution in [0.15, 0.2) is 18.2 Å². The van der Waals surface area contributed by atoms with Gasteiger partial charge < -0.3 is 9.47 Å². The topological polar surface area (TPSA) is 45.5 Å². The molecule has 4 heteroatoms. The quantitative estimate of drug-likeness (QED) is 0.847. The molecule has 0 bridgehead atoms. The molecule has 0 aromatic heterocycles. The van der Waals surface area contributed by atoms with E-state index in [0.717, 1.165) is 31.5 Å². The summed E-state index contributed by atoms with van der Waals surface area (Å²) in [5, 5.41) is 9.72. The molecule has 4 nitrogen and oxygen atoms in total. The third kappa shape index (κ3) is 2.59. The van der Waals surface area contributed by atoms with Crippen molar-refractivity contribution in [2.75, 3.05) is 27.3 Å². The van der Waals surface area contributed by atoms with Crippen molar-refractivity contribution >= 4 is 0 Å². The van der Waals surface area contributed by atoms with Crippen LogP contribution < -0.4 is 9.47 Å². The summed E-state index contributed by atoms with van der Waals surface area (Å²) in [4.78, 5) is 2.26. The van der Waals surface area contributed by atoms with Crippen LogP contribution in [0.25, 0.3) is 0 Å². The molecule has 1 aliphatic rings. The molecule has 1 heterocycles. The summed E-state index contributed by atoms with van der Waals surface area (Å²) < 4.78 is 10.6. The maximum absolute atomic E-state index is 9.72. The minimum absolute atomic E-state index is 0.611. The number of likely N-dealkylation sites (tertiary alicyclic amines) is 1. The van der Waals surface area contributed by atoms with Gasteiger partial charge in [-0.25, -0.2) is 0 Å². The van der Waals surface area contributed by atoms with E-state index >= 15 is 0 Å². The van der Waals surface area contributed by atoms with Crippen molar-refractivity contribution in [1.82, 2.24) is 4.90 Å². The van der Waals surface area contributed by atoms with E-state index in [-0.39, 0.29) is 0 Å². The van der Waals surface area contributed by atoms with E-state index in [4.69, 9.17) is 9.47 Å². The Labute approximate surface area is 120 Å². The molecule has 0 amide bonds. The summed E-state index contributed by atoms with van der Waals surface area (Å²) in [6.45, 7) is 3.93. The molecular formula is C16H22N2O2. The first kappa shape index (κ1) is 14.7. The van der Waals surface area contributed by atoms with Gasteiger partial charge in [0.2, 0.25) is 0 Å². The monoisotopic (exact) mass is 274 g/mol. The number of benzene rings is 1. The van der Waals surface area contributed by atoms with Crippen molar-refractivity contribution in [3.63, 3.8) is 0 Å². The molecule has 0 saturated carbocycles. The molecule has 0 N–H and O–H groups in total. The predicted molar refractivity (Wildman–Crippen MR) is 77.9 cm³/mol. The average molecular weight is 274 g/mol. The molecule has 108 valence electrons. The Hall–Kier alpha value is -1.73. The minimum atomic E-state index is -0.611. The second kappa shape index (κ2) is 6.15. The molecule has 2 rings (SSSR count). The Kier molecular flexibility index (Phi) is 4.51. The lowest BCUT2D eigenvalue weighted by molar-refractivity contribution is 0.123. The van der Waals surface area contributed by atoms with Gasteiger partial charge >= 0.3 is 0 Å². The van der Waals surface area contributed by atoms with Gasteiger partial charge in [0.05, 0.1) is 20.3 Å². The predicted octanol–water partition coefficient (Wildman–Crippen LogP) is 2.93. The smallest absolute Gasteiger partial charge is 0.161 e. The first-order chi connectivity index (χ1) is 9.65. The average Bonchev–Trinajstić information content (AvgIpc) is 2.54. The Bertz CT molecular complexity index is 504. The second-order valence-electron chi connectivity index (χ2n) is 5.30. The van der Waals surface area contributed by atoms with Crippen molar-refractivity contribution in [2.24, 2.45) is 0 Å². The zero-order valence-electron chi connectivity index (χ0n) is 12.5. The highest BCUT2D eigenvalue weighted by Crippen LogP contribution is 2.36. The molecule has 1 unspecified atom stereocenters. The molecule has 0 radical (unpaired) electrons. The molecular weight excluding hydrogens is 252 g/mol. The number of ether oxygens (including phenoxy) is 2. The number of piperidine rings is 1. The summed E-state index contributed by atoms with van der Waals surface area (Å²) in [7, 11) is 3.23. The van der Waals surface area contributed by atoms with Crippen LogP contribution in [-0.4, -0.2) is 32.2 Å². The van der Waals surface area contributed by atoms with E-state index in [1.165, 1.54) is 6.42 Å². The van der Waals surface area contributed by atoms with Crippen LogP contribution in [0.5, 0.6) is 11.5 Å². The highest BCUT2D eigenvalue weighted by molar-refractivity contribution is 5.46. The fraction of sp³-hybridized carbons (Fsp3) is 0.562. The van der Waals surface area contributed by atoms with Crippen molar-refractivity contribution in [2.45, 2.75) is 31.7 Å². The van der Waals surface area contributed by atoms with E-state index in [2.05, 4.69) is 11.0 Å². The van der Waals surface area contributed by atoms with Crippen molar-refractivity contribution in [1.29, 1.82) is 5.26 Å². The molecule has 1 atom stereocenters. The molecule has 0 aliphatic carbocycles. The van der Waals surface area contributed by atoms with Crippen LogP contribution in [-0.2, 0) is 5.54 Å². The highest BCUT2D eigenvalue weighted by atomic mass is 16.5. The normalized spacial score (nSPS) is 18.9. The van der Waals surface area contributed by atoms with E-state index in [9.17, 15) is 5.26 Å². The van der Waals surface area contributed by atoms with Crippen molar-refractivity contribution in [3.05, 3.63) is 23.8 Å². The first-order valence-corrected chi connectivity index (χ1v) is 7.04. The van der Waals surface area contributed by atoms with Gasteiger partial charge in [-0.15, -0.1) is 0 Å². The van der Waals surface area contributed by atoms with Gasteiger partial charge in [-0.2, -0.15) is 5.26 Å². The maximum atomic E-state index is 9.72. The summed E-state index contributed by atoms with van der Waals surface area (Å²) in [5.74, 6) is 1.36. The molecule has 20 heavy (non-hydrogen) atoms. The second-order valence-corrected chi connectivity index (χ2v) is 5.30. The fourth-order valence-electron chi connectivity index (χ4n) is 2.80. The van der Waals surface area contributed by atoms with Crippen LogP contribution in [0, 0.1) is 11.3 Å². The Balaban J connectivity index is 2.38. The van der Waals surface area contributed by atoms with Crippen LogP contribution in [0.1, 0.15) is 31.7 Å². The molecule has 1 aliphatic heterocycles. The van der Waals surface area contributed by atoms with Gasteiger partial charge in [0.15, 0.2) is 11.5 Å². The molecule has 1 saturated heterocycles. The van der Waals surface area contributed by atoms with E-state index in [0.29, 0.717) is 11.5 Å². The largest absolute Gasteiger partial charge is 0.493 e. The number of nitrogens with zero attached hydrogens (tertiary/aromatic N) is 2. The fourth-order valence-corrected chi connectivity index (χ4v) is 2.80. The summed E-state index contributed by atoms with van der Waals surface area (Å²) in [6, 6.07) is 8.22. The lowest BCUT2D eigenvalue weighted by Gasteiger charge is -2.39. The lowest BCUT2D eigenvalue weighted by atomic mass is 9.89. The Morgan fingerprint density at radius 2 is 1.75 bits per heavy atom. The standard InChI is InChI=1S/C16H22N2O2/c1-16(12-17,18-9-5-4-6-10-18)13-7-8-14(19-2)15(11-13)20-3/h7-8,11H,4-6,9-10H2,1-3H3. The molecule has 1 aromatic rings. The molecule has 1 fully saturated rings. The first-order valence-electron chi connectivity index (χ1n) is 7.04. The van der Waals surface area contributed by atoms with E-state index in [1.807, 2.05) is 25.1 Å². The number of methoxy groups -OCH3 is 2. The third-order valence-electron chi connectivity index (χ3n) is 4.15. The molecule has 1 aromatic carbocycles. The van der Waals surface area contributed by atoms with E-state index < -0.39 is 5.54 Å². The molecule has 0 spiro atoms. The van der Waals surface area contributed by atoms with Gasteiger partial charge in [0.1, 0.15) is 5.54 Å². The minimum Gasteiger partial charge on any atom is -0.493 e. The number of hydrogen-bond donors (Lipinski definition) is 0. The van der Waals surface area contributed by atoms with Crippen molar-refractivity contribution < 1.29 is 9.47 Å². The summed E-state index contributed by atoms with van der Waals surface area (Å²) in [6.07, 6.45) is 3.57. The lowest BCUT2D eigenvalue weighted by Crippen LogP contribution is -2.45. The van der Waals surface area contributed by atoms with Crippen LogP contribution >= 0.6 is 0 Å². The van der Waals surface area contributed by atoms with Crippen molar-refractivity contribution in [3.8, 4) is 17.6 Å². The zero-order chi connectivity index (χ0) is 14.6. The third-order valence-corrected chi connectivity index (χ3v) is 4.15. The van der Waals surface area contributed by atoms with Gasteiger partial charge in [0.25, 0.3) is 0 Å². The summed E-state index contributed by atoms with van der Waals surface area (Å²) in [5.41, 5.74) is 0.347. The number of hydrogen-bond acceptors (Lipinski definition) is 4. The van der Waals surface area contributed by atoms with Gasteiger partial charge in [-0.3, -0.25) is 4.90 Å². The van der Waals surface area contributed by atoms with Gasteiger partial charge in [-0.05, 0) is 50.6 Å². The number of rotatable bonds is 4. The van der Waals surface area contributed by atoms with E-state index in [1.54, 1.807) is 14.2 Å². The zero-order valence-corrected chi connectivity index (χ0v) is 12.5. The Morgan fingerprint density at radius 1 is 1.10 bits per heavy atom. The number of nitriles is 1. The van der Waals surface area contributed by atoms with Crippen LogP contribution in [0.3, 0.4) is 0 Å². The van der Waals surface area contributed by atoms with Crippen LogP contribution in [0.2, 0.25) is 0 Å². The SMILES string of the molecule is COc1ccc(C(C)(C#N)N2CCCCC2)cc1OC. The maximum Gasteiger partial charge on any atom is 0.161 e. The highest BCUT2D eigenvalue weighted by Gasteiger charge is 2.35. The van der Waals surface area contributed by atoms with Gasteiger partial charge in [0, 0.05) is 0 Å². The Morgan fingerprint density at radius 3 is 2.30 bits per heavy atom. The summed E-state index contributed by atoms with van der Waals surface area (Å²) >= 11 is 0. The van der Waals surface area contributed by atoms with Crippen LogP contribution in [0.4, 0.5) is 0 Å². The van der Waals surface area contributed by atoms with Gasteiger partial charge in [-0.1, -0.05) is 12.5 Å².